The Morgan fingerprint density at radius 2 is 1.91 bits per heavy atom. The minimum absolute atomic E-state index is 0.0682. The van der Waals surface area contributed by atoms with Gasteiger partial charge < -0.3 is 11.5 Å². The molecule has 11 heavy (non-hydrogen) atoms. The first-order chi connectivity index (χ1) is 5.00. The van der Waals surface area contributed by atoms with E-state index in [-0.39, 0.29) is 16.5 Å². The lowest BCUT2D eigenvalue weighted by molar-refractivity contribution is 0.754. The van der Waals surface area contributed by atoms with Gasteiger partial charge in [0.2, 0.25) is 0 Å². The van der Waals surface area contributed by atoms with E-state index < -0.39 is 0 Å². The fourth-order valence-corrected chi connectivity index (χ4v) is 0.714. The summed E-state index contributed by atoms with van der Waals surface area (Å²) < 4.78 is 0. The van der Waals surface area contributed by atoms with E-state index >= 15 is 0 Å². The Labute approximate surface area is 71.7 Å². The van der Waals surface area contributed by atoms with Gasteiger partial charge in [0.15, 0.2) is 0 Å². The molecule has 0 rings (SSSR count). The van der Waals surface area contributed by atoms with Crippen LogP contribution in [0.3, 0.4) is 0 Å². The summed E-state index contributed by atoms with van der Waals surface area (Å²) in [6.07, 6.45) is 0. The molecule has 0 saturated heterocycles. The molecule has 0 amide bonds. The van der Waals surface area contributed by atoms with Gasteiger partial charge in [-0.15, -0.1) is 0 Å². The summed E-state index contributed by atoms with van der Waals surface area (Å²) in [6.45, 7) is 3.76. The molecule has 0 aromatic carbocycles. The highest BCUT2D eigenvalue weighted by molar-refractivity contribution is 7.80. The Bertz CT molecular complexity index is 235. The number of rotatable bonds is 2. The summed E-state index contributed by atoms with van der Waals surface area (Å²) in [5.41, 5.74) is 11.5. The van der Waals surface area contributed by atoms with Crippen LogP contribution in [0.2, 0.25) is 0 Å². The third kappa shape index (κ3) is 2.56. The second kappa shape index (κ2) is 3.94. The summed E-state index contributed by atoms with van der Waals surface area (Å²) in [4.78, 5) is 0.0682. The van der Waals surface area contributed by atoms with Crippen molar-refractivity contribution in [1.29, 1.82) is 5.26 Å². The van der Waals surface area contributed by atoms with Gasteiger partial charge in [-0.25, -0.2) is 0 Å². The van der Waals surface area contributed by atoms with Gasteiger partial charge in [-0.2, -0.15) is 5.26 Å². The second-order valence-corrected chi connectivity index (χ2v) is 2.90. The predicted molar refractivity (Wildman–Crippen MR) is 48.4 cm³/mol. The highest BCUT2D eigenvalue weighted by atomic mass is 32.1. The number of nitriles is 1. The molecule has 0 aliphatic heterocycles. The first-order valence-electron chi connectivity index (χ1n) is 3.20. The van der Waals surface area contributed by atoms with Gasteiger partial charge in [-0.05, 0) is 5.92 Å². The number of allylic oxidation sites excluding steroid dienone is 1. The van der Waals surface area contributed by atoms with Crippen molar-refractivity contribution in [2.24, 2.45) is 17.4 Å². The fourth-order valence-electron chi connectivity index (χ4n) is 0.551. The Morgan fingerprint density at radius 1 is 1.45 bits per heavy atom. The van der Waals surface area contributed by atoms with Crippen molar-refractivity contribution in [2.75, 3.05) is 0 Å². The molecular weight excluding hydrogens is 158 g/mol. The molecule has 0 saturated carbocycles. The maximum atomic E-state index is 8.56. The monoisotopic (exact) mass is 169 g/mol. The van der Waals surface area contributed by atoms with Crippen molar-refractivity contribution in [3.63, 3.8) is 0 Å². The van der Waals surface area contributed by atoms with Crippen LogP contribution in [0.5, 0.6) is 0 Å². The molecule has 3 nitrogen and oxygen atoms in total. The van der Waals surface area contributed by atoms with Gasteiger partial charge in [0.25, 0.3) is 0 Å². The minimum atomic E-state index is 0.0682. The van der Waals surface area contributed by atoms with Crippen molar-refractivity contribution < 1.29 is 0 Å². The van der Waals surface area contributed by atoms with E-state index in [1.807, 2.05) is 19.9 Å². The molecule has 0 radical (unpaired) electrons. The lowest BCUT2D eigenvalue weighted by atomic mass is 10.1. The molecule has 0 spiro atoms. The van der Waals surface area contributed by atoms with Gasteiger partial charge in [0, 0.05) is 5.70 Å². The molecule has 0 heterocycles. The molecule has 0 aliphatic rings. The van der Waals surface area contributed by atoms with Gasteiger partial charge in [0.05, 0.1) is 0 Å². The zero-order valence-electron chi connectivity index (χ0n) is 6.59. The summed E-state index contributed by atoms with van der Waals surface area (Å²) in [5.74, 6) is 0.103. The highest BCUT2D eigenvalue weighted by Crippen LogP contribution is 2.08. The van der Waals surface area contributed by atoms with Crippen LogP contribution in [0.15, 0.2) is 11.3 Å². The lowest BCUT2D eigenvalue weighted by Crippen LogP contribution is -2.18. The van der Waals surface area contributed by atoms with Crippen molar-refractivity contribution in [3.05, 3.63) is 11.3 Å². The molecule has 0 aliphatic carbocycles. The van der Waals surface area contributed by atoms with Gasteiger partial charge in [-0.1, -0.05) is 26.1 Å². The quantitative estimate of drug-likeness (QED) is 0.362. The number of hydrogen-bond donors (Lipinski definition) is 2. The topological polar surface area (TPSA) is 75.8 Å². The van der Waals surface area contributed by atoms with E-state index in [0.29, 0.717) is 5.70 Å². The zero-order chi connectivity index (χ0) is 9.02. The molecule has 60 valence electrons. The second-order valence-electron chi connectivity index (χ2n) is 2.46. The first-order valence-corrected chi connectivity index (χ1v) is 3.61. The van der Waals surface area contributed by atoms with Crippen LogP contribution in [0, 0.1) is 17.2 Å². The van der Waals surface area contributed by atoms with Crippen LogP contribution in [0.1, 0.15) is 13.8 Å². The standard InChI is InChI=1S/C7H11N3S/c1-4(2)6(9)5(3-8)7(10)11/h4H,9H2,1-2H3,(H2,10,11)/b6-5-. The van der Waals surface area contributed by atoms with Crippen molar-refractivity contribution in [2.45, 2.75) is 13.8 Å². The van der Waals surface area contributed by atoms with Crippen LogP contribution in [-0.2, 0) is 0 Å². The van der Waals surface area contributed by atoms with E-state index in [9.17, 15) is 0 Å². The fraction of sp³-hybridized carbons (Fsp3) is 0.429. The van der Waals surface area contributed by atoms with Gasteiger partial charge in [0.1, 0.15) is 16.6 Å². The van der Waals surface area contributed by atoms with Gasteiger partial charge in [-0.3, -0.25) is 0 Å². The number of thiocarbonyl (C=S) groups is 1. The molecule has 0 fully saturated rings. The Kier molecular flexibility index (Phi) is 3.55. The predicted octanol–water partition coefficient (Wildman–Crippen LogP) is 0.665. The Balaban J connectivity index is 4.88. The minimum Gasteiger partial charge on any atom is -0.401 e. The van der Waals surface area contributed by atoms with Crippen molar-refractivity contribution >= 4 is 17.2 Å². The first kappa shape index (κ1) is 9.92. The van der Waals surface area contributed by atoms with Gasteiger partial charge >= 0.3 is 0 Å². The zero-order valence-corrected chi connectivity index (χ0v) is 7.40. The SMILES string of the molecule is CC(C)/C(N)=C(\C#N)C(N)=S. The molecule has 0 aromatic heterocycles. The summed E-state index contributed by atoms with van der Waals surface area (Å²) in [5, 5.41) is 8.56. The number of nitrogens with zero attached hydrogens (tertiary/aromatic N) is 1. The van der Waals surface area contributed by atoms with E-state index in [0.717, 1.165) is 0 Å². The maximum Gasteiger partial charge on any atom is 0.116 e. The van der Waals surface area contributed by atoms with E-state index in [1.54, 1.807) is 0 Å². The van der Waals surface area contributed by atoms with Crippen LogP contribution >= 0.6 is 12.2 Å². The largest absolute Gasteiger partial charge is 0.401 e. The maximum absolute atomic E-state index is 8.56. The Hall–Kier alpha value is -1.08. The van der Waals surface area contributed by atoms with Crippen molar-refractivity contribution in [1.82, 2.24) is 0 Å². The summed E-state index contributed by atoms with van der Waals surface area (Å²) >= 11 is 4.63. The third-order valence-corrected chi connectivity index (χ3v) is 1.47. The molecule has 0 aromatic rings. The van der Waals surface area contributed by atoms with Crippen molar-refractivity contribution in [3.8, 4) is 6.07 Å². The smallest absolute Gasteiger partial charge is 0.116 e. The Morgan fingerprint density at radius 3 is 2.00 bits per heavy atom. The average Bonchev–Trinajstić information content (AvgIpc) is 1.88. The van der Waals surface area contributed by atoms with Crippen LogP contribution < -0.4 is 11.5 Å². The molecule has 0 bridgehead atoms. The highest BCUT2D eigenvalue weighted by Gasteiger charge is 2.08. The normalized spacial score (nSPS) is 12.2. The molecular formula is C7H11N3S. The lowest BCUT2D eigenvalue weighted by Gasteiger charge is -2.06. The number of hydrogen-bond acceptors (Lipinski definition) is 3. The molecule has 0 unspecified atom stereocenters. The van der Waals surface area contributed by atoms with Crippen LogP contribution in [0.25, 0.3) is 0 Å². The van der Waals surface area contributed by atoms with Crippen LogP contribution in [0.4, 0.5) is 0 Å². The van der Waals surface area contributed by atoms with E-state index in [2.05, 4.69) is 12.2 Å². The number of nitrogens with two attached hydrogens (primary N) is 2. The van der Waals surface area contributed by atoms with Crippen LogP contribution in [-0.4, -0.2) is 4.99 Å². The average molecular weight is 169 g/mol. The van der Waals surface area contributed by atoms with E-state index in [4.69, 9.17) is 16.7 Å². The summed E-state index contributed by atoms with van der Waals surface area (Å²) in [7, 11) is 0. The summed E-state index contributed by atoms with van der Waals surface area (Å²) in [6, 6.07) is 1.87. The molecule has 4 heteroatoms. The molecule has 0 atom stereocenters. The molecule has 4 N–H and O–H groups in total. The third-order valence-electron chi connectivity index (χ3n) is 1.27. The van der Waals surface area contributed by atoms with E-state index in [1.165, 1.54) is 0 Å².